The van der Waals surface area contributed by atoms with Crippen LogP contribution in [0, 0.1) is 5.82 Å². The Labute approximate surface area is 113 Å². The zero-order chi connectivity index (χ0) is 13.2. The fourth-order valence-electron chi connectivity index (χ4n) is 1.67. The summed E-state index contributed by atoms with van der Waals surface area (Å²) in [7, 11) is 0. The van der Waals surface area contributed by atoms with E-state index in [1.807, 2.05) is 11.8 Å². The smallest absolute Gasteiger partial charge is 0.162 e. The molecule has 0 bridgehead atoms. The zero-order valence-electron chi connectivity index (χ0n) is 11.0. The van der Waals surface area contributed by atoms with Gasteiger partial charge in [-0.3, -0.25) is 4.79 Å². The second-order valence-corrected chi connectivity index (χ2v) is 5.58. The van der Waals surface area contributed by atoms with Crippen LogP contribution < -0.4 is 0 Å². The molecule has 0 saturated heterocycles. The van der Waals surface area contributed by atoms with Crippen molar-refractivity contribution in [1.82, 2.24) is 0 Å². The van der Waals surface area contributed by atoms with Crippen LogP contribution in [-0.4, -0.2) is 17.3 Å². The Morgan fingerprint density at radius 3 is 2.44 bits per heavy atom. The van der Waals surface area contributed by atoms with Crippen LogP contribution in [0.15, 0.2) is 24.3 Å². The van der Waals surface area contributed by atoms with Crippen LogP contribution in [-0.2, 0) is 0 Å². The molecule has 0 radical (unpaired) electrons. The largest absolute Gasteiger partial charge is 0.294 e. The summed E-state index contributed by atoms with van der Waals surface area (Å²) in [6.45, 7) is 2.20. The molecular weight excluding hydrogens is 247 g/mol. The number of benzene rings is 1. The molecule has 1 aromatic rings. The summed E-state index contributed by atoms with van der Waals surface area (Å²) in [5.41, 5.74) is 0.618. The monoisotopic (exact) mass is 268 g/mol. The topological polar surface area (TPSA) is 17.1 Å². The number of thioether (sulfide) groups is 1. The Hall–Kier alpha value is -0.830. The van der Waals surface area contributed by atoms with Gasteiger partial charge in [-0.1, -0.05) is 19.8 Å². The minimum Gasteiger partial charge on any atom is -0.294 e. The molecule has 0 spiro atoms. The summed E-state index contributed by atoms with van der Waals surface area (Å²) in [4.78, 5) is 11.8. The number of halogens is 1. The van der Waals surface area contributed by atoms with Gasteiger partial charge in [0.25, 0.3) is 0 Å². The van der Waals surface area contributed by atoms with Gasteiger partial charge >= 0.3 is 0 Å². The van der Waals surface area contributed by atoms with Crippen molar-refractivity contribution in [3.63, 3.8) is 0 Å². The molecule has 0 fully saturated rings. The SMILES string of the molecule is CCCCCSCCCC(=O)c1ccc(F)cc1. The molecule has 1 aromatic carbocycles. The predicted molar refractivity (Wildman–Crippen MR) is 76.8 cm³/mol. The molecule has 0 aromatic heterocycles. The van der Waals surface area contributed by atoms with E-state index in [1.165, 1.54) is 37.1 Å². The molecule has 0 saturated carbocycles. The van der Waals surface area contributed by atoms with Crippen LogP contribution >= 0.6 is 11.8 Å². The number of unbranched alkanes of at least 4 members (excludes halogenated alkanes) is 2. The lowest BCUT2D eigenvalue weighted by Gasteiger charge is -2.02. The maximum absolute atomic E-state index is 12.7. The van der Waals surface area contributed by atoms with Crippen molar-refractivity contribution < 1.29 is 9.18 Å². The number of hydrogen-bond acceptors (Lipinski definition) is 2. The molecule has 0 aliphatic heterocycles. The highest BCUT2D eigenvalue weighted by Gasteiger charge is 2.05. The first kappa shape index (κ1) is 15.2. The Morgan fingerprint density at radius 2 is 1.78 bits per heavy atom. The normalized spacial score (nSPS) is 10.6. The average Bonchev–Trinajstić information content (AvgIpc) is 2.38. The van der Waals surface area contributed by atoms with Crippen LogP contribution in [0.3, 0.4) is 0 Å². The number of Topliss-reactive ketones (excluding diaryl/α,β-unsaturated/α-hetero) is 1. The van der Waals surface area contributed by atoms with Gasteiger partial charge in [-0.15, -0.1) is 0 Å². The summed E-state index contributed by atoms with van der Waals surface area (Å²) in [5.74, 6) is 2.05. The van der Waals surface area contributed by atoms with Gasteiger partial charge in [0.2, 0.25) is 0 Å². The van der Waals surface area contributed by atoms with E-state index in [0.29, 0.717) is 12.0 Å². The van der Waals surface area contributed by atoms with Crippen molar-refractivity contribution in [2.45, 2.75) is 39.0 Å². The fraction of sp³-hybridized carbons (Fsp3) is 0.533. The predicted octanol–water partition coefficient (Wildman–Crippen LogP) is 4.71. The molecule has 18 heavy (non-hydrogen) atoms. The molecule has 0 N–H and O–H groups in total. The summed E-state index contributed by atoms with van der Waals surface area (Å²) >= 11 is 1.92. The van der Waals surface area contributed by atoms with Gasteiger partial charge in [0.1, 0.15) is 5.82 Å². The van der Waals surface area contributed by atoms with E-state index >= 15 is 0 Å². The lowest BCUT2D eigenvalue weighted by atomic mass is 10.1. The van der Waals surface area contributed by atoms with Gasteiger partial charge < -0.3 is 0 Å². The number of ketones is 1. The van der Waals surface area contributed by atoms with E-state index < -0.39 is 0 Å². The molecule has 1 rings (SSSR count). The fourth-order valence-corrected chi connectivity index (χ4v) is 2.63. The second-order valence-electron chi connectivity index (χ2n) is 4.35. The van der Waals surface area contributed by atoms with Crippen LogP contribution in [0.1, 0.15) is 49.4 Å². The van der Waals surface area contributed by atoms with Crippen LogP contribution in [0.5, 0.6) is 0 Å². The van der Waals surface area contributed by atoms with Crippen LogP contribution in [0.4, 0.5) is 4.39 Å². The minimum atomic E-state index is -0.293. The molecule has 0 amide bonds. The highest BCUT2D eigenvalue weighted by atomic mass is 32.2. The van der Waals surface area contributed by atoms with Gasteiger partial charge in [-0.25, -0.2) is 4.39 Å². The Balaban J connectivity index is 2.12. The minimum absolute atomic E-state index is 0.115. The van der Waals surface area contributed by atoms with Crippen molar-refractivity contribution in [1.29, 1.82) is 0 Å². The third kappa shape index (κ3) is 6.20. The molecule has 0 heterocycles. The number of hydrogen-bond donors (Lipinski definition) is 0. The maximum atomic E-state index is 12.7. The third-order valence-corrected chi connectivity index (χ3v) is 3.91. The van der Waals surface area contributed by atoms with Crippen LogP contribution in [0.2, 0.25) is 0 Å². The first-order valence-electron chi connectivity index (χ1n) is 6.60. The van der Waals surface area contributed by atoms with E-state index in [4.69, 9.17) is 0 Å². The quantitative estimate of drug-likeness (QED) is 0.476. The zero-order valence-corrected chi connectivity index (χ0v) is 11.8. The van der Waals surface area contributed by atoms with Gasteiger partial charge in [-0.2, -0.15) is 11.8 Å². The number of rotatable bonds is 9. The molecule has 0 aliphatic carbocycles. The van der Waals surface area contributed by atoms with Crippen molar-refractivity contribution in [3.8, 4) is 0 Å². The molecular formula is C15H21FOS. The molecule has 0 aliphatic rings. The second kappa shape index (κ2) is 9.15. The van der Waals surface area contributed by atoms with E-state index in [2.05, 4.69) is 6.92 Å². The molecule has 1 nitrogen and oxygen atoms in total. The summed E-state index contributed by atoms with van der Waals surface area (Å²) < 4.78 is 12.7. The third-order valence-electron chi connectivity index (χ3n) is 2.75. The van der Waals surface area contributed by atoms with Crippen LogP contribution in [0.25, 0.3) is 0 Å². The Morgan fingerprint density at radius 1 is 1.11 bits per heavy atom. The number of carbonyl (C=O) groups excluding carboxylic acids is 1. The van der Waals surface area contributed by atoms with Gasteiger partial charge in [0.15, 0.2) is 5.78 Å². The van der Waals surface area contributed by atoms with Gasteiger partial charge in [-0.05, 0) is 48.6 Å². The average molecular weight is 268 g/mol. The number of carbonyl (C=O) groups is 1. The van der Waals surface area contributed by atoms with Crippen molar-refractivity contribution in [3.05, 3.63) is 35.6 Å². The maximum Gasteiger partial charge on any atom is 0.162 e. The molecule has 0 unspecified atom stereocenters. The van der Waals surface area contributed by atoms with Gasteiger partial charge in [0, 0.05) is 12.0 Å². The van der Waals surface area contributed by atoms with Crippen molar-refractivity contribution in [2.24, 2.45) is 0 Å². The van der Waals surface area contributed by atoms with Crippen molar-refractivity contribution in [2.75, 3.05) is 11.5 Å². The Bertz CT molecular complexity index is 348. The molecule has 100 valence electrons. The first-order chi connectivity index (χ1) is 8.74. The Kier molecular flexibility index (Phi) is 7.74. The van der Waals surface area contributed by atoms with Crippen molar-refractivity contribution >= 4 is 17.5 Å². The summed E-state index contributed by atoms with van der Waals surface area (Å²) in [6, 6.07) is 5.80. The lowest BCUT2D eigenvalue weighted by molar-refractivity contribution is 0.0982. The van der Waals surface area contributed by atoms with E-state index in [9.17, 15) is 9.18 Å². The molecule has 0 atom stereocenters. The first-order valence-corrected chi connectivity index (χ1v) is 7.76. The van der Waals surface area contributed by atoms with E-state index in [1.54, 1.807) is 12.1 Å². The van der Waals surface area contributed by atoms with Gasteiger partial charge in [0.05, 0.1) is 0 Å². The highest BCUT2D eigenvalue weighted by Crippen LogP contribution is 2.12. The summed E-state index contributed by atoms with van der Waals surface area (Å²) in [5, 5.41) is 0. The lowest BCUT2D eigenvalue weighted by Crippen LogP contribution is -1.99. The van der Waals surface area contributed by atoms with E-state index in [0.717, 1.165) is 12.2 Å². The van der Waals surface area contributed by atoms with E-state index in [-0.39, 0.29) is 11.6 Å². The standard InChI is InChI=1S/C15H21FOS/c1-2-3-4-11-18-12-5-6-15(17)13-7-9-14(16)10-8-13/h7-10H,2-6,11-12H2,1H3. The molecule has 3 heteroatoms. The summed E-state index contributed by atoms with van der Waals surface area (Å²) in [6.07, 6.45) is 5.29. The highest BCUT2D eigenvalue weighted by molar-refractivity contribution is 7.99.